The van der Waals surface area contributed by atoms with Gasteiger partial charge in [0.15, 0.2) is 0 Å². The van der Waals surface area contributed by atoms with E-state index in [4.69, 9.17) is 4.74 Å². The minimum atomic E-state index is -0.372. The molecule has 0 aromatic rings. The van der Waals surface area contributed by atoms with Gasteiger partial charge in [-0.2, -0.15) is 11.8 Å². The van der Waals surface area contributed by atoms with Gasteiger partial charge in [-0.15, -0.1) is 0 Å². The van der Waals surface area contributed by atoms with Crippen LogP contribution in [0.25, 0.3) is 0 Å². The summed E-state index contributed by atoms with van der Waals surface area (Å²) in [6.07, 6.45) is 5.44. The smallest absolute Gasteiger partial charge is 0.326 e. The summed E-state index contributed by atoms with van der Waals surface area (Å²) in [6.45, 7) is 2.18. The Labute approximate surface area is 102 Å². The maximum atomic E-state index is 12.0. The highest BCUT2D eigenvalue weighted by Gasteiger charge is 2.48. The third-order valence-corrected chi connectivity index (χ3v) is 4.71. The van der Waals surface area contributed by atoms with E-state index in [2.05, 4.69) is 12.2 Å². The summed E-state index contributed by atoms with van der Waals surface area (Å²) < 4.78 is 4.98. The number of ether oxygens (including phenoxy) is 1. The normalized spacial score (nSPS) is 34.0. The van der Waals surface area contributed by atoms with Crippen molar-refractivity contribution in [3.05, 3.63) is 0 Å². The van der Waals surface area contributed by atoms with Gasteiger partial charge < -0.3 is 4.74 Å². The van der Waals surface area contributed by atoms with Crippen LogP contribution in [0.1, 0.15) is 39.0 Å². The molecule has 3 nitrogen and oxygen atoms in total. The van der Waals surface area contributed by atoms with Crippen LogP contribution >= 0.6 is 11.8 Å². The summed E-state index contributed by atoms with van der Waals surface area (Å²) in [7, 11) is 1.50. The van der Waals surface area contributed by atoms with Crippen LogP contribution in [0.5, 0.6) is 0 Å². The first kappa shape index (κ1) is 12.2. The lowest BCUT2D eigenvalue weighted by atomic mass is 9.97. The van der Waals surface area contributed by atoms with Gasteiger partial charge in [0.1, 0.15) is 5.54 Å². The molecule has 16 heavy (non-hydrogen) atoms. The minimum absolute atomic E-state index is 0.0568. The number of hydrogen-bond donors (Lipinski definition) is 1. The standard InChI is InChI=1S/C12H21NO2S/c1-3-16-10-6-7-12(8-10,11(14)15-2)13-9-4-5-9/h9-10,13H,3-8H2,1-2H3. The summed E-state index contributed by atoms with van der Waals surface area (Å²) in [4.78, 5) is 12.0. The molecule has 2 unspecified atom stereocenters. The van der Waals surface area contributed by atoms with Crippen molar-refractivity contribution in [2.24, 2.45) is 0 Å². The van der Waals surface area contributed by atoms with E-state index in [-0.39, 0.29) is 11.5 Å². The Morgan fingerprint density at radius 2 is 2.25 bits per heavy atom. The van der Waals surface area contributed by atoms with E-state index in [0.717, 1.165) is 25.0 Å². The molecule has 0 bridgehead atoms. The fourth-order valence-electron chi connectivity index (χ4n) is 2.57. The van der Waals surface area contributed by atoms with Gasteiger partial charge in [-0.05, 0) is 37.9 Å². The molecule has 2 rings (SSSR count). The molecule has 2 atom stereocenters. The Hall–Kier alpha value is -0.220. The fourth-order valence-corrected chi connectivity index (χ4v) is 3.73. The van der Waals surface area contributed by atoms with Gasteiger partial charge in [0.2, 0.25) is 0 Å². The predicted molar refractivity (Wildman–Crippen MR) is 66.7 cm³/mol. The quantitative estimate of drug-likeness (QED) is 0.749. The second kappa shape index (κ2) is 4.96. The molecular formula is C12H21NO2S. The SMILES string of the molecule is CCSC1CCC(NC2CC2)(C(=O)OC)C1. The largest absolute Gasteiger partial charge is 0.468 e. The third-order valence-electron chi connectivity index (χ3n) is 3.51. The maximum absolute atomic E-state index is 12.0. The fraction of sp³-hybridized carbons (Fsp3) is 0.917. The molecule has 0 heterocycles. The Kier molecular flexibility index (Phi) is 3.80. The van der Waals surface area contributed by atoms with E-state index in [1.54, 1.807) is 0 Å². The molecule has 2 aliphatic rings. The van der Waals surface area contributed by atoms with Gasteiger partial charge in [0.25, 0.3) is 0 Å². The van der Waals surface area contributed by atoms with E-state index in [1.165, 1.54) is 20.0 Å². The molecule has 0 amide bonds. The summed E-state index contributed by atoms with van der Waals surface area (Å²) >= 11 is 1.97. The van der Waals surface area contributed by atoms with Crippen molar-refractivity contribution in [2.45, 2.75) is 55.9 Å². The highest BCUT2D eigenvalue weighted by atomic mass is 32.2. The molecule has 0 aromatic carbocycles. The summed E-state index contributed by atoms with van der Waals surface area (Å²) in [5.41, 5.74) is -0.372. The second-order valence-corrected chi connectivity index (χ2v) is 6.39. The zero-order valence-electron chi connectivity index (χ0n) is 10.1. The molecule has 0 spiro atoms. The van der Waals surface area contributed by atoms with Gasteiger partial charge >= 0.3 is 5.97 Å². The molecule has 0 aromatic heterocycles. The zero-order chi connectivity index (χ0) is 11.6. The number of methoxy groups -OCH3 is 1. The van der Waals surface area contributed by atoms with Crippen LogP contribution in [0.4, 0.5) is 0 Å². The molecule has 2 aliphatic carbocycles. The molecule has 1 N–H and O–H groups in total. The third kappa shape index (κ3) is 2.54. The Morgan fingerprint density at radius 3 is 2.81 bits per heavy atom. The van der Waals surface area contributed by atoms with Crippen molar-refractivity contribution in [1.82, 2.24) is 5.32 Å². The van der Waals surface area contributed by atoms with Gasteiger partial charge in [0.05, 0.1) is 7.11 Å². The van der Waals surface area contributed by atoms with Crippen LogP contribution < -0.4 is 5.32 Å². The average molecular weight is 243 g/mol. The maximum Gasteiger partial charge on any atom is 0.326 e. The number of rotatable bonds is 5. The minimum Gasteiger partial charge on any atom is -0.468 e. The number of esters is 1. The van der Waals surface area contributed by atoms with Crippen LogP contribution in [-0.2, 0) is 9.53 Å². The van der Waals surface area contributed by atoms with Crippen molar-refractivity contribution < 1.29 is 9.53 Å². The monoisotopic (exact) mass is 243 g/mol. The lowest BCUT2D eigenvalue weighted by Gasteiger charge is -2.27. The topological polar surface area (TPSA) is 38.3 Å². The van der Waals surface area contributed by atoms with E-state index in [0.29, 0.717) is 11.3 Å². The highest BCUT2D eigenvalue weighted by molar-refractivity contribution is 7.99. The molecule has 0 saturated heterocycles. The lowest BCUT2D eigenvalue weighted by Crippen LogP contribution is -2.52. The first-order valence-corrected chi connectivity index (χ1v) is 7.23. The second-order valence-electron chi connectivity index (χ2n) is 4.81. The summed E-state index contributed by atoms with van der Waals surface area (Å²) in [5.74, 6) is 1.07. The van der Waals surface area contributed by atoms with Crippen LogP contribution in [0, 0.1) is 0 Å². The number of carbonyl (C=O) groups is 1. The van der Waals surface area contributed by atoms with Crippen molar-refractivity contribution in [1.29, 1.82) is 0 Å². The van der Waals surface area contributed by atoms with Crippen LogP contribution in [0.15, 0.2) is 0 Å². The number of nitrogens with one attached hydrogen (secondary N) is 1. The van der Waals surface area contributed by atoms with Crippen LogP contribution in [-0.4, -0.2) is 35.7 Å². The number of thioether (sulfide) groups is 1. The molecular weight excluding hydrogens is 222 g/mol. The van der Waals surface area contributed by atoms with E-state index < -0.39 is 0 Å². The summed E-state index contributed by atoms with van der Waals surface area (Å²) in [6, 6.07) is 0.560. The molecule has 0 aliphatic heterocycles. The van der Waals surface area contributed by atoms with Crippen molar-refractivity contribution in [3.8, 4) is 0 Å². The van der Waals surface area contributed by atoms with Crippen molar-refractivity contribution in [2.75, 3.05) is 12.9 Å². The Morgan fingerprint density at radius 1 is 1.50 bits per heavy atom. The van der Waals surface area contributed by atoms with Crippen molar-refractivity contribution >= 4 is 17.7 Å². The van der Waals surface area contributed by atoms with E-state index in [1.807, 2.05) is 11.8 Å². The van der Waals surface area contributed by atoms with E-state index >= 15 is 0 Å². The van der Waals surface area contributed by atoms with E-state index in [9.17, 15) is 4.79 Å². The van der Waals surface area contributed by atoms with Gasteiger partial charge in [-0.1, -0.05) is 6.92 Å². The number of carbonyl (C=O) groups excluding carboxylic acids is 1. The average Bonchev–Trinajstić information content (AvgIpc) is 2.99. The molecule has 2 fully saturated rings. The molecule has 0 radical (unpaired) electrons. The molecule has 92 valence electrons. The Balaban J connectivity index is 2.00. The zero-order valence-corrected chi connectivity index (χ0v) is 10.9. The first-order chi connectivity index (χ1) is 7.70. The van der Waals surface area contributed by atoms with Crippen LogP contribution in [0.3, 0.4) is 0 Å². The summed E-state index contributed by atoms with van der Waals surface area (Å²) in [5, 5.41) is 4.14. The van der Waals surface area contributed by atoms with Crippen LogP contribution in [0.2, 0.25) is 0 Å². The van der Waals surface area contributed by atoms with Gasteiger partial charge in [-0.25, -0.2) is 0 Å². The van der Waals surface area contributed by atoms with Gasteiger partial charge in [0, 0.05) is 11.3 Å². The lowest BCUT2D eigenvalue weighted by molar-refractivity contribution is -0.148. The Bertz CT molecular complexity index is 268. The first-order valence-electron chi connectivity index (χ1n) is 6.18. The molecule has 4 heteroatoms. The van der Waals surface area contributed by atoms with Crippen molar-refractivity contribution in [3.63, 3.8) is 0 Å². The van der Waals surface area contributed by atoms with Gasteiger partial charge in [-0.3, -0.25) is 10.1 Å². The predicted octanol–water partition coefficient (Wildman–Crippen LogP) is 1.96. The highest BCUT2D eigenvalue weighted by Crippen LogP contribution is 2.39. The number of hydrogen-bond acceptors (Lipinski definition) is 4. The molecule has 2 saturated carbocycles.